The van der Waals surface area contributed by atoms with Gasteiger partial charge in [-0.3, -0.25) is 0 Å². The summed E-state index contributed by atoms with van der Waals surface area (Å²) in [5.74, 6) is 0. The predicted octanol–water partition coefficient (Wildman–Crippen LogP) is -32.7. The molecule has 0 rings (SSSR count). The van der Waals surface area contributed by atoms with Crippen LogP contribution < -0.4 is 514 Å². The Morgan fingerprint density at radius 1 is 0.185 bits per heavy atom. The van der Waals surface area contributed by atoms with Gasteiger partial charge in [0.2, 0.25) is 0 Å². The zero-order valence-electron chi connectivity index (χ0n) is 38.8. The fourth-order valence-electron chi connectivity index (χ4n) is 0. The molecule has 284 valence electrons. The van der Waals surface area contributed by atoms with Gasteiger partial charge in [-0.1, -0.05) is 0 Å². The number of hydrogen-bond donors (Lipinski definition) is 11. The van der Waals surface area contributed by atoms with Crippen LogP contribution in [0.15, 0.2) is 0 Å². The van der Waals surface area contributed by atoms with E-state index in [2.05, 4.69) is 0 Å². The summed E-state index contributed by atoms with van der Waals surface area (Å²) in [6.45, 7) is 0. The second-order valence-electron chi connectivity index (χ2n) is 2.62. The van der Waals surface area contributed by atoms with Crippen molar-refractivity contribution in [3.05, 3.63) is 111 Å². The molecule has 0 amide bonds. The Bertz CT molecular complexity index is 595. The van der Waals surface area contributed by atoms with E-state index in [1.54, 1.807) is 0 Å². The van der Waals surface area contributed by atoms with E-state index in [-0.39, 0.29) is 528 Å². The summed E-state index contributed by atoms with van der Waals surface area (Å²) < 4.78 is 0. The molecule has 44 nitrogen and oxygen atoms in total. The molecule has 0 aromatic heterocycles. The molecule has 0 saturated heterocycles. The molecule has 0 atom stereocenters. The number of rotatable bonds is 0. The van der Waals surface area contributed by atoms with Crippen LogP contribution in [0.25, 0.3) is 0 Å². The average Bonchev–Trinajstić information content (AvgIpc) is 2.55. The Balaban J connectivity index is -0.00000000626. The van der Waals surface area contributed by atoms with Crippen molar-refractivity contribution in [1.29, 1.82) is 0 Å². The van der Waals surface area contributed by atoms with Crippen LogP contribution in [-0.4, -0.2) is 113 Å². The largest absolute Gasteiger partial charge is 1.00 e. The smallest absolute Gasteiger partial charge is 1.00 e. The van der Waals surface area contributed by atoms with Crippen LogP contribution in [0.5, 0.6) is 0 Å². The minimum atomic E-state index is -1.50. The van der Waals surface area contributed by atoms with Crippen molar-refractivity contribution in [2.75, 3.05) is 0 Å². The Morgan fingerprint density at radius 2 is 0.185 bits per heavy atom. The third-order valence-electron chi connectivity index (χ3n) is 0. The quantitative estimate of drug-likeness (QED) is 0.0609. The van der Waals surface area contributed by atoms with Crippen LogP contribution in [-0.2, 0) is 0 Å². The summed E-state index contributed by atoms with van der Waals surface area (Å²) in [7, 11) is 0. The van der Waals surface area contributed by atoms with E-state index in [1.807, 2.05) is 0 Å². The van der Waals surface area contributed by atoms with Crippen molar-refractivity contribution >= 4 is 0 Å². The van der Waals surface area contributed by atoms with E-state index in [0.29, 0.717) is 0 Å². The van der Waals surface area contributed by atoms with Gasteiger partial charge in [0, 0.05) is 0 Å². The molecule has 0 radical (unpaired) electrons. The molecule has 0 aliphatic carbocycles. The maximum Gasteiger partial charge on any atom is 1.00 e. The van der Waals surface area contributed by atoms with E-state index < -0.39 is 56.0 Å². The topological polar surface area (TPSA) is 697 Å². The van der Waals surface area contributed by atoms with Crippen molar-refractivity contribution in [2.45, 2.75) is 0 Å². The Hall–Kier alpha value is 7.56. The fraction of sp³-hybridized carbons (Fsp3) is 0. The normalized spacial score (nSPS) is 4.89. The van der Waals surface area contributed by atoms with Crippen molar-refractivity contribution in [3.8, 4) is 0 Å². The van der Waals surface area contributed by atoms with E-state index in [1.165, 1.54) is 0 Å². The molecule has 0 aliphatic heterocycles. The maximum absolute atomic E-state index is 8.36. The molecule has 0 fully saturated rings. The first kappa shape index (κ1) is 137. The maximum atomic E-state index is 8.36. The summed E-state index contributed by atoms with van der Waals surface area (Å²) in [5, 5.41) is 150. The van der Waals surface area contributed by atoms with Crippen LogP contribution in [0.4, 0.5) is 0 Å². The van der Waals surface area contributed by atoms with Gasteiger partial charge >= 0.3 is 514 Å². The van der Waals surface area contributed by atoms with E-state index in [0.717, 1.165) is 0 Å². The minimum Gasteiger partial charge on any atom is -1.00 e. The summed E-state index contributed by atoms with van der Waals surface area (Å²) in [5.41, 5.74) is 0. The van der Waals surface area contributed by atoms with Crippen LogP contribution in [0, 0.1) is 111 Å². The molecule has 54 heavy (non-hydrogen) atoms. The van der Waals surface area contributed by atoms with Crippen molar-refractivity contribution in [2.24, 2.45) is 0 Å². The minimum absolute atomic E-state index is 0. The second-order valence-corrected chi connectivity index (χ2v) is 2.62. The molecule has 0 heterocycles. The zero-order chi connectivity index (χ0) is 39.4. The van der Waals surface area contributed by atoms with Gasteiger partial charge < -0.3 is 71.5 Å². The summed E-state index contributed by atoms with van der Waals surface area (Å²) in [6.07, 6.45) is 0. The first-order valence-electron chi connectivity index (χ1n) is 6.22. The van der Waals surface area contributed by atoms with Gasteiger partial charge in [0.15, 0.2) is 0 Å². The van der Waals surface area contributed by atoms with E-state index in [9.17, 15) is 0 Å². The van der Waals surface area contributed by atoms with Crippen molar-refractivity contribution in [3.63, 3.8) is 0 Å². The standard InChI is InChI=1S/10K.11HNO3.10H/c;;;;;;;;;;11*2-1(3)4;;;;;;;;;;/h;;;;;;;;;;11*(H,2,3,4);;;;;;;;;;/q10*+1;;;;;;;;;;;;10*-1. The molecule has 0 aromatic rings. The SMILES string of the molecule is O=[N+]([O-])O.O=[N+]([O-])O.O=[N+]([O-])O.O=[N+]([O-])O.O=[N+]([O-])O.O=[N+]([O-])O.O=[N+]([O-])O.O=[N+]([O-])O.O=[N+]([O-])O.O=[N+]([O-])O.O=[N+]([O-])O.[H-].[H-].[H-].[H-].[H-].[H-].[H-].[H-].[H-].[H-].[K+].[K+].[K+].[K+].[K+].[K+].[K+].[K+].[K+].[K+]. The Morgan fingerprint density at radius 3 is 0.185 bits per heavy atom. The molecular weight excluding hydrogens is 1070 g/mol. The van der Waals surface area contributed by atoms with Crippen LogP contribution in [0.3, 0.4) is 0 Å². The third-order valence-corrected chi connectivity index (χ3v) is 0. The number of nitrogens with zero attached hydrogens (tertiary/aromatic N) is 11. The Kier molecular flexibility index (Phi) is 332. The Labute approximate surface area is 730 Å². The molecule has 0 spiro atoms. The van der Waals surface area contributed by atoms with Gasteiger partial charge in [-0.25, -0.2) is 0 Å². The third kappa shape index (κ3) is 3570. The van der Waals surface area contributed by atoms with Crippen molar-refractivity contribution < 1.29 is 641 Å². The molecule has 11 N–H and O–H groups in total. The average molecular weight is 1090 g/mol. The fourth-order valence-corrected chi connectivity index (χ4v) is 0. The molecule has 0 saturated carbocycles. The van der Waals surface area contributed by atoms with E-state index in [4.69, 9.17) is 169 Å². The van der Waals surface area contributed by atoms with Gasteiger partial charge in [0.05, 0.1) is 0 Å². The monoisotopic (exact) mass is 1090 g/mol. The molecule has 0 aliphatic rings. The molecular formula is H21K10N11O33. The first-order chi connectivity index (χ1) is 19.1. The first-order valence-corrected chi connectivity index (χ1v) is 6.22. The van der Waals surface area contributed by atoms with Crippen LogP contribution in [0.2, 0.25) is 0 Å². The number of hydrogen-bond acceptors (Lipinski definition) is 22. The van der Waals surface area contributed by atoms with Crippen LogP contribution >= 0.6 is 0 Å². The van der Waals surface area contributed by atoms with Gasteiger partial charge in [0.1, 0.15) is 0 Å². The molecule has 0 bridgehead atoms. The van der Waals surface area contributed by atoms with E-state index >= 15 is 0 Å². The molecule has 0 unspecified atom stereocenters. The van der Waals surface area contributed by atoms with Gasteiger partial charge in [-0.2, -0.15) is 0 Å². The van der Waals surface area contributed by atoms with Gasteiger partial charge in [0.25, 0.3) is 56.0 Å². The van der Waals surface area contributed by atoms with Crippen molar-refractivity contribution in [1.82, 2.24) is 0 Å². The predicted molar refractivity (Wildman–Crippen MR) is 108 cm³/mol. The van der Waals surface area contributed by atoms with Crippen LogP contribution in [0.1, 0.15) is 14.3 Å². The zero-order valence-corrected chi connectivity index (χ0v) is 60.1. The van der Waals surface area contributed by atoms with Gasteiger partial charge in [-0.15, -0.1) is 111 Å². The second kappa shape index (κ2) is 131. The van der Waals surface area contributed by atoms with Gasteiger partial charge in [-0.05, 0) is 0 Å². The molecule has 54 heteroatoms. The summed E-state index contributed by atoms with van der Waals surface area (Å²) in [6, 6.07) is 0. The summed E-state index contributed by atoms with van der Waals surface area (Å²) in [4.78, 5) is 92.0. The molecule has 0 aromatic carbocycles. The summed E-state index contributed by atoms with van der Waals surface area (Å²) >= 11 is 0.